The molecule has 0 aliphatic carbocycles. The lowest BCUT2D eigenvalue weighted by atomic mass is 10.1. The van der Waals surface area contributed by atoms with Crippen LogP contribution in [0.3, 0.4) is 0 Å². The molecule has 2 aliphatic rings. The lowest BCUT2D eigenvalue weighted by Gasteiger charge is -2.35. The summed E-state index contributed by atoms with van der Waals surface area (Å²) in [6, 6.07) is 21.7. The molecule has 2 aliphatic heterocycles. The minimum atomic E-state index is -3.73. The van der Waals surface area contributed by atoms with E-state index in [1.807, 2.05) is 36.1 Å². The summed E-state index contributed by atoms with van der Waals surface area (Å²) in [7, 11) is -3.73. The van der Waals surface area contributed by atoms with Gasteiger partial charge in [0.25, 0.3) is 15.9 Å². The Morgan fingerprint density at radius 3 is 2.31 bits per heavy atom. The first kappa shape index (κ1) is 23.9. The molecule has 1 saturated heterocycles. The summed E-state index contributed by atoms with van der Waals surface area (Å²) in [5, 5.41) is 0.489. The van der Waals surface area contributed by atoms with E-state index in [0.717, 1.165) is 25.2 Å². The third kappa shape index (κ3) is 4.81. The molecule has 3 aromatic rings. The summed E-state index contributed by atoms with van der Waals surface area (Å²) in [4.78, 5) is 17.7. The molecule has 1 atom stereocenters. The second kappa shape index (κ2) is 9.64. The number of rotatable bonds is 5. The Morgan fingerprint density at radius 2 is 1.63 bits per heavy atom. The van der Waals surface area contributed by atoms with Crippen LogP contribution in [0.25, 0.3) is 0 Å². The molecule has 1 amide bonds. The smallest absolute Gasteiger partial charge is 0.264 e. The van der Waals surface area contributed by atoms with Gasteiger partial charge in [-0.05, 0) is 66.9 Å². The molecular formula is C27H28ClN3O3S. The van der Waals surface area contributed by atoms with E-state index < -0.39 is 10.0 Å². The number of benzene rings is 3. The Balaban J connectivity index is 1.29. The molecule has 2 heterocycles. The van der Waals surface area contributed by atoms with Gasteiger partial charge in [0, 0.05) is 49.4 Å². The Morgan fingerprint density at radius 1 is 0.943 bits per heavy atom. The number of carbonyl (C=O) groups excluding carboxylic acids is 1. The zero-order chi connectivity index (χ0) is 24.6. The lowest BCUT2D eigenvalue weighted by Crippen LogP contribution is -2.48. The molecular weight excluding hydrogens is 482 g/mol. The van der Waals surface area contributed by atoms with Gasteiger partial charge in [-0.25, -0.2) is 8.42 Å². The standard InChI is InChI=1S/C27H28ClN3O3S/c1-20-17-23-18-22(7-12-26(23)31(20)35(33,34)25-10-8-24(28)9-11-25)27(32)30-15-13-29(14-16-30)19-21-5-3-2-4-6-21/h2-12,18,20H,13-17,19H2,1H3/t20-/m1/s1. The van der Waals surface area contributed by atoms with Crippen LogP contribution in [0.2, 0.25) is 5.02 Å². The fourth-order valence-electron chi connectivity index (χ4n) is 4.96. The molecule has 5 rings (SSSR count). The van der Waals surface area contributed by atoms with Crippen molar-refractivity contribution in [3.63, 3.8) is 0 Å². The van der Waals surface area contributed by atoms with Gasteiger partial charge in [-0.3, -0.25) is 14.0 Å². The van der Waals surface area contributed by atoms with Crippen molar-refractivity contribution >= 4 is 33.2 Å². The molecule has 0 bridgehead atoms. The first-order valence-electron chi connectivity index (χ1n) is 11.8. The number of anilines is 1. The molecule has 182 valence electrons. The maximum Gasteiger partial charge on any atom is 0.264 e. The average molecular weight is 510 g/mol. The molecule has 0 aromatic heterocycles. The van der Waals surface area contributed by atoms with Crippen LogP contribution in [0.15, 0.2) is 77.7 Å². The van der Waals surface area contributed by atoms with E-state index in [4.69, 9.17) is 11.6 Å². The normalized spacial score (nSPS) is 18.5. The van der Waals surface area contributed by atoms with Crippen LogP contribution >= 0.6 is 11.6 Å². The molecule has 0 saturated carbocycles. The van der Waals surface area contributed by atoms with Gasteiger partial charge in [-0.15, -0.1) is 0 Å². The van der Waals surface area contributed by atoms with E-state index in [1.165, 1.54) is 22.0 Å². The van der Waals surface area contributed by atoms with Crippen molar-refractivity contribution < 1.29 is 13.2 Å². The number of hydrogen-bond acceptors (Lipinski definition) is 4. The maximum absolute atomic E-state index is 13.3. The van der Waals surface area contributed by atoms with Gasteiger partial charge in [-0.2, -0.15) is 0 Å². The minimum absolute atomic E-state index is 0.00109. The SMILES string of the molecule is C[C@@H]1Cc2cc(C(=O)N3CCN(Cc4ccccc4)CC3)ccc2N1S(=O)(=O)c1ccc(Cl)cc1. The zero-order valence-electron chi connectivity index (χ0n) is 19.6. The molecule has 0 spiro atoms. The lowest BCUT2D eigenvalue weighted by molar-refractivity contribution is 0.0628. The zero-order valence-corrected chi connectivity index (χ0v) is 21.2. The van der Waals surface area contributed by atoms with Crippen LogP contribution in [0.4, 0.5) is 5.69 Å². The van der Waals surface area contributed by atoms with Crippen molar-refractivity contribution in [2.24, 2.45) is 0 Å². The molecule has 0 N–H and O–H groups in total. The largest absolute Gasteiger partial charge is 0.336 e. The van der Waals surface area contributed by atoms with Gasteiger partial charge >= 0.3 is 0 Å². The summed E-state index contributed by atoms with van der Waals surface area (Å²) >= 11 is 5.94. The van der Waals surface area contributed by atoms with Crippen molar-refractivity contribution in [3.05, 3.63) is 94.5 Å². The van der Waals surface area contributed by atoms with Gasteiger partial charge in [0.15, 0.2) is 0 Å². The van der Waals surface area contributed by atoms with Crippen molar-refractivity contribution in [1.29, 1.82) is 0 Å². The molecule has 6 nitrogen and oxygen atoms in total. The van der Waals surface area contributed by atoms with Gasteiger partial charge in [-0.1, -0.05) is 41.9 Å². The third-order valence-electron chi connectivity index (χ3n) is 6.76. The monoisotopic (exact) mass is 509 g/mol. The predicted octanol–water partition coefficient (Wildman–Crippen LogP) is 4.44. The van der Waals surface area contributed by atoms with Gasteiger partial charge in [0.2, 0.25) is 0 Å². The fourth-order valence-corrected chi connectivity index (χ4v) is 6.77. The second-order valence-corrected chi connectivity index (χ2v) is 11.5. The van der Waals surface area contributed by atoms with E-state index in [9.17, 15) is 13.2 Å². The molecule has 0 unspecified atom stereocenters. The summed E-state index contributed by atoms with van der Waals surface area (Å²) in [6.45, 7) is 5.79. The number of fused-ring (bicyclic) bond motifs is 1. The third-order valence-corrected chi connectivity index (χ3v) is 8.95. The van der Waals surface area contributed by atoms with Crippen molar-refractivity contribution in [2.75, 3.05) is 30.5 Å². The van der Waals surface area contributed by atoms with Crippen LogP contribution in [0, 0.1) is 0 Å². The minimum Gasteiger partial charge on any atom is -0.336 e. The summed E-state index contributed by atoms with van der Waals surface area (Å²) in [5.74, 6) is -0.00109. The fraction of sp³-hybridized carbons (Fsp3) is 0.296. The number of carbonyl (C=O) groups is 1. The Hall–Kier alpha value is -2.87. The van der Waals surface area contributed by atoms with Gasteiger partial charge < -0.3 is 4.90 Å². The Bertz CT molecular complexity index is 1320. The van der Waals surface area contributed by atoms with E-state index >= 15 is 0 Å². The molecule has 0 radical (unpaired) electrons. The van der Waals surface area contributed by atoms with Crippen LogP contribution in [-0.2, 0) is 23.0 Å². The molecule has 35 heavy (non-hydrogen) atoms. The highest BCUT2D eigenvalue weighted by Crippen LogP contribution is 2.37. The van der Waals surface area contributed by atoms with Gasteiger partial charge in [0.1, 0.15) is 0 Å². The highest BCUT2D eigenvalue weighted by molar-refractivity contribution is 7.92. The number of sulfonamides is 1. The van der Waals surface area contributed by atoms with Crippen molar-refractivity contribution in [2.45, 2.75) is 30.8 Å². The first-order chi connectivity index (χ1) is 16.8. The van der Waals surface area contributed by atoms with E-state index in [1.54, 1.807) is 24.3 Å². The Labute approximate surface area is 211 Å². The van der Waals surface area contributed by atoms with Crippen LogP contribution in [0.1, 0.15) is 28.4 Å². The quantitative estimate of drug-likeness (QED) is 0.510. The summed E-state index contributed by atoms with van der Waals surface area (Å²) in [6.07, 6.45) is 0.564. The molecule has 1 fully saturated rings. The van der Waals surface area contributed by atoms with Crippen molar-refractivity contribution in [1.82, 2.24) is 9.80 Å². The summed E-state index contributed by atoms with van der Waals surface area (Å²) in [5.41, 5.74) is 3.40. The predicted molar refractivity (Wildman–Crippen MR) is 138 cm³/mol. The summed E-state index contributed by atoms with van der Waals surface area (Å²) < 4.78 is 28.2. The van der Waals surface area contributed by atoms with E-state index in [0.29, 0.717) is 35.8 Å². The highest BCUT2D eigenvalue weighted by atomic mass is 35.5. The molecule has 8 heteroatoms. The second-order valence-electron chi connectivity index (χ2n) is 9.21. The number of hydrogen-bond donors (Lipinski definition) is 0. The number of amides is 1. The van der Waals surface area contributed by atoms with Crippen LogP contribution in [-0.4, -0.2) is 56.3 Å². The maximum atomic E-state index is 13.3. The highest BCUT2D eigenvalue weighted by Gasteiger charge is 2.36. The number of nitrogens with zero attached hydrogens (tertiary/aromatic N) is 3. The van der Waals surface area contributed by atoms with Crippen LogP contribution < -0.4 is 4.31 Å². The topological polar surface area (TPSA) is 60.9 Å². The first-order valence-corrected chi connectivity index (χ1v) is 13.6. The van der Waals surface area contributed by atoms with Crippen molar-refractivity contribution in [3.8, 4) is 0 Å². The molecule has 3 aromatic carbocycles. The van der Waals surface area contributed by atoms with E-state index in [-0.39, 0.29) is 16.8 Å². The van der Waals surface area contributed by atoms with E-state index in [2.05, 4.69) is 17.0 Å². The van der Waals surface area contributed by atoms with Gasteiger partial charge in [0.05, 0.1) is 10.6 Å². The Kier molecular flexibility index (Phi) is 6.57. The number of piperazine rings is 1. The average Bonchev–Trinajstić information content (AvgIpc) is 3.20. The number of halogens is 1. The van der Waals surface area contributed by atoms with Crippen LogP contribution in [0.5, 0.6) is 0 Å².